The molecule has 1 saturated heterocycles. The largest absolute Gasteiger partial charge is 0.362 e. The highest BCUT2D eigenvalue weighted by molar-refractivity contribution is 7.99. The standard InChI is InChI=1S/C19H39NOS/c1-3-5-7-12-16-22-17-19(13-9-6-4-2)21-18-20-14-10-8-11-15-20/h19H,3-18H2,1-2H3. The van der Waals surface area contributed by atoms with Crippen LogP contribution in [0.15, 0.2) is 0 Å². The third kappa shape index (κ3) is 10.9. The fraction of sp³-hybridized carbons (Fsp3) is 1.00. The molecule has 22 heavy (non-hydrogen) atoms. The van der Waals surface area contributed by atoms with Gasteiger partial charge in [0.25, 0.3) is 0 Å². The lowest BCUT2D eigenvalue weighted by Gasteiger charge is -2.28. The second-order valence-electron chi connectivity index (χ2n) is 6.73. The van der Waals surface area contributed by atoms with E-state index in [1.807, 2.05) is 0 Å². The Balaban J connectivity index is 2.13. The average molecular weight is 330 g/mol. The molecule has 0 radical (unpaired) electrons. The molecule has 0 aromatic carbocycles. The summed E-state index contributed by atoms with van der Waals surface area (Å²) in [5.41, 5.74) is 0. The summed E-state index contributed by atoms with van der Waals surface area (Å²) >= 11 is 2.11. The predicted molar refractivity (Wildman–Crippen MR) is 101 cm³/mol. The highest BCUT2D eigenvalue weighted by atomic mass is 32.2. The van der Waals surface area contributed by atoms with Crippen molar-refractivity contribution in [2.24, 2.45) is 0 Å². The van der Waals surface area contributed by atoms with Crippen LogP contribution in [0.1, 0.15) is 84.5 Å². The Labute approximate surface area is 143 Å². The van der Waals surface area contributed by atoms with Gasteiger partial charge in [0.2, 0.25) is 0 Å². The van der Waals surface area contributed by atoms with Gasteiger partial charge in [-0.05, 0) is 31.4 Å². The quantitative estimate of drug-likeness (QED) is 0.379. The van der Waals surface area contributed by atoms with E-state index in [1.54, 1.807) is 0 Å². The molecule has 1 aliphatic heterocycles. The van der Waals surface area contributed by atoms with E-state index in [-0.39, 0.29) is 0 Å². The van der Waals surface area contributed by atoms with Gasteiger partial charge in [-0.1, -0.05) is 58.8 Å². The number of ether oxygens (including phenoxy) is 1. The van der Waals surface area contributed by atoms with E-state index in [9.17, 15) is 0 Å². The molecule has 0 aliphatic carbocycles. The highest BCUT2D eigenvalue weighted by Gasteiger charge is 2.14. The maximum atomic E-state index is 6.26. The summed E-state index contributed by atoms with van der Waals surface area (Å²) in [5, 5.41) is 0. The van der Waals surface area contributed by atoms with Gasteiger partial charge in [0.1, 0.15) is 0 Å². The van der Waals surface area contributed by atoms with E-state index in [1.165, 1.54) is 95.2 Å². The maximum absolute atomic E-state index is 6.26. The normalized spacial score (nSPS) is 17.7. The molecule has 1 unspecified atom stereocenters. The summed E-state index contributed by atoms with van der Waals surface area (Å²) in [6, 6.07) is 0. The molecule has 1 atom stereocenters. The van der Waals surface area contributed by atoms with Crippen LogP contribution in [0.4, 0.5) is 0 Å². The maximum Gasteiger partial charge on any atom is 0.0994 e. The minimum absolute atomic E-state index is 0.477. The third-order valence-electron chi connectivity index (χ3n) is 4.52. The van der Waals surface area contributed by atoms with E-state index in [0.29, 0.717) is 6.10 Å². The monoisotopic (exact) mass is 329 g/mol. The smallest absolute Gasteiger partial charge is 0.0994 e. The zero-order valence-electron chi connectivity index (χ0n) is 15.2. The Hall–Kier alpha value is 0.270. The molecule has 0 bridgehead atoms. The molecule has 2 nitrogen and oxygen atoms in total. The van der Waals surface area contributed by atoms with Crippen molar-refractivity contribution in [1.29, 1.82) is 0 Å². The molecular formula is C19H39NOS. The first-order valence-electron chi connectivity index (χ1n) is 9.78. The molecule has 0 N–H and O–H groups in total. The minimum atomic E-state index is 0.477. The molecule has 0 aromatic heterocycles. The SMILES string of the molecule is CCCCCCSCC(CCCCC)OCN1CCCCC1. The van der Waals surface area contributed by atoms with Crippen molar-refractivity contribution >= 4 is 11.8 Å². The van der Waals surface area contributed by atoms with Gasteiger partial charge in [-0.2, -0.15) is 11.8 Å². The Morgan fingerprint density at radius 1 is 0.909 bits per heavy atom. The van der Waals surface area contributed by atoms with Gasteiger partial charge in [-0.25, -0.2) is 0 Å². The molecule has 132 valence electrons. The fourth-order valence-electron chi connectivity index (χ4n) is 2.98. The Morgan fingerprint density at radius 2 is 1.64 bits per heavy atom. The van der Waals surface area contributed by atoms with Gasteiger partial charge < -0.3 is 4.74 Å². The van der Waals surface area contributed by atoms with Gasteiger partial charge in [-0.15, -0.1) is 0 Å². The number of likely N-dealkylation sites (tertiary alicyclic amines) is 1. The third-order valence-corrected chi connectivity index (χ3v) is 5.70. The summed E-state index contributed by atoms with van der Waals surface area (Å²) in [6.07, 6.45) is 15.4. The van der Waals surface area contributed by atoms with Crippen LogP contribution in [0, 0.1) is 0 Å². The second kappa shape index (κ2) is 14.8. The van der Waals surface area contributed by atoms with Gasteiger partial charge >= 0.3 is 0 Å². The molecule has 0 saturated carbocycles. The van der Waals surface area contributed by atoms with E-state index in [0.717, 1.165) is 6.73 Å². The Bertz CT molecular complexity index is 231. The molecule has 1 heterocycles. The number of rotatable bonds is 14. The van der Waals surface area contributed by atoms with E-state index < -0.39 is 0 Å². The van der Waals surface area contributed by atoms with Crippen LogP contribution >= 0.6 is 11.8 Å². The molecule has 1 aliphatic rings. The number of hydrogen-bond donors (Lipinski definition) is 0. The summed E-state index contributed by atoms with van der Waals surface area (Å²) in [7, 11) is 0. The lowest BCUT2D eigenvalue weighted by molar-refractivity contribution is -0.0229. The van der Waals surface area contributed by atoms with E-state index in [2.05, 4.69) is 30.5 Å². The van der Waals surface area contributed by atoms with Gasteiger partial charge in [0, 0.05) is 18.8 Å². The summed E-state index contributed by atoms with van der Waals surface area (Å²) in [6.45, 7) is 7.92. The number of hydrogen-bond acceptors (Lipinski definition) is 3. The first-order chi connectivity index (χ1) is 10.9. The number of piperidine rings is 1. The van der Waals surface area contributed by atoms with Crippen molar-refractivity contribution in [1.82, 2.24) is 4.90 Å². The van der Waals surface area contributed by atoms with Gasteiger partial charge in [-0.3, -0.25) is 4.90 Å². The summed E-state index contributed by atoms with van der Waals surface area (Å²) in [5.74, 6) is 2.51. The Morgan fingerprint density at radius 3 is 2.36 bits per heavy atom. The summed E-state index contributed by atoms with van der Waals surface area (Å²) in [4.78, 5) is 2.50. The topological polar surface area (TPSA) is 12.5 Å². The number of thioether (sulfide) groups is 1. The fourth-order valence-corrected chi connectivity index (χ4v) is 4.08. The van der Waals surface area contributed by atoms with Crippen molar-refractivity contribution < 1.29 is 4.74 Å². The summed E-state index contributed by atoms with van der Waals surface area (Å²) < 4.78 is 6.26. The average Bonchev–Trinajstić information content (AvgIpc) is 2.56. The van der Waals surface area contributed by atoms with Crippen LogP contribution in [0.3, 0.4) is 0 Å². The van der Waals surface area contributed by atoms with Crippen molar-refractivity contribution in [3.05, 3.63) is 0 Å². The zero-order valence-corrected chi connectivity index (χ0v) is 16.0. The van der Waals surface area contributed by atoms with E-state index >= 15 is 0 Å². The molecule has 0 spiro atoms. The van der Waals surface area contributed by atoms with Gasteiger partial charge in [0.05, 0.1) is 12.8 Å². The molecule has 0 amide bonds. The Kier molecular flexibility index (Phi) is 13.7. The zero-order chi connectivity index (χ0) is 15.9. The van der Waals surface area contributed by atoms with Crippen LogP contribution < -0.4 is 0 Å². The first-order valence-corrected chi connectivity index (χ1v) is 10.9. The van der Waals surface area contributed by atoms with Crippen molar-refractivity contribution in [3.63, 3.8) is 0 Å². The van der Waals surface area contributed by atoms with Crippen molar-refractivity contribution in [2.75, 3.05) is 31.3 Å². The van der Waals surface area contributed by atoms with Crippen LogP contribution in [-0.4, -0.2) is 42.3 Å². The molecule has 1 rings (SSSR count). The van der Waals surface area contributed by atoms with Crippen LogP contribution in [-0.2, 0) is 4.74 Å². The lowest BCUT2D eigenvalue weighted by atomic mass is 10.1. The predicted octanol–water partition coefficient (Wildman–Crippen LogP) is 5.71. The van der Waals surface area contributed by atoms with Crippen LogP contribution in [0.25, 0.3) is 0 Å². The molecule has 3 heteroatoms. The molecule has 1 fully saturated rings. The highest BCUT2D eigenvalue weighted by Crippen LogP contribution is 2.16. The molecular weight excluding hydrogens is 290 g/mol. The number of nitrogens with zero attached hydrogens (tertiary/aromatic N) is 1. The van der Waals surface area contributed by atoms with Crippen molar-refractivity contribution in [2.45, 2.75) is 90.6 Å². The van der Waals surface area contributed by atoms with E-state index in [4.69, 9.17) is 4.74 Å². The molecule has 0 aromatic rings. The lowest BCUT2D eigenvalue weighted by Crippen LogP contribution is -2.34. The second-order valence-corrected chi connectivity index (χ2v) is 7.88. The first kappa shape index (κ1) is 20.3. The number of unbranched alkanes of at least 4 members (excludes halogenated alkanes) is 5. The van der Waals surface area contributed by atoms with Gasteiger partial charge in [0.15, 0.2) is 0 Å². The van der Waals surface area contributed by atoms with Crippen LogP contribution in [0.5, 0.6) is 0 Å². The minimum Gasteiger partial charge on any atom is -0.362 e. The van der Waals surface area contributed by atoms with Crippen LogP contribution in [0.2, 0.25) is 0 Å². The van der Waals surface area contributed by atoms with Crippen molar-refractivity contribution in [3.8, 4) is 0 Å².